The monoisotopic (exact) mass is 343 g/mol. The Morgan fingerprint density at radius 1 is 0.885 bits per heavy atom. The van der Waals surface area contributed by atoms with Crippen LogP contribution in [-0.2, 0) is 0 Å². The van der Waals surface area contributed by atoms with E-state index < -0.39 is 0 Å². The van der Waals surface area contributed by atoms with Gasteiger partial charge in [-0.1, -0.05) is 12.1 Å². The van der Waals surface area contributed by atoms with Crippen molar-refractivity contribution in [3.8, 4) is 11.5 Å². The highest BCUT2D eigenvalue weighted by atomic mass is 16.5. The predicted molar refractivity (Wildman–Crippen MR) is 101 cm³/mol. The molecule has 4 aromatic rings. The lowest BCUT2D eigenvalue weighted by atomic mass is 10.2. The minimum absolute atomic E-state index is 0.612. The second-order valence-corrected chi connectivity index (χ2v) is 5.91. The molecule has 6 nitrogen and oxygen atoms in total. The van der Waals surface area contributed by atoms with Crippen molar-refractivity contribution < 1.29 is 4.74 Å². The van der Waals surface area contributed by atoms with Crippen molar-refractivity contribution in [3.05, 3.63) is 72.6 Å². The zero-order valence-electron chi connectivity index (χ0n) is 14.5. The number of aromatic nitrogens is 4. The van der Waals surface area contributed by atoms with Crippen LogP contribution in [0.5, 0.6) is 11.5 Å². The first-order chi connectivity index (χ1) is 12.7. The van der Waals surface area contributed by atoms with E-state index in [0.29, 0.717) is 11.6 Å². The summed E-state index contributed by atoms with van der Waals surface area (Å²) < 4.78 is 5.86. The van der Waals surface area contributed by atoms with Gasteiger partial charge in [0.2, 0.25) is 0 Å². The molecule has 0 unspecified atom stereocenters. The molecule has 0 amide bonds. The normalized spacial score (nSPS) is 10.7. The molecule has 0 spiro atoms. The second kappa shape index (κ2) is 6.76. The lowest BCUT2D eigenvalue weighted by molar-refractivity contribution is 0.473. The number of para-hydroxylation sites is 1. The number of anilines is 2. The number of aryl methyl sites for hydroxylation is 2. The molecule has 26 heavy (non-hydrogen) atoms. The standard InChI is InChI=1S/C20H17N5O/c1-13-9-15(7-8-19(13)26-16-10-21-14(2)22-11-16)25-20-17-5-3-4-6-18(17)23-12-24-20/h3-12H,1-2H3,(H,23,24,25). The molecule has 128 valence electrons. The average Bonchev–Trinajstić information content (AvgIpc) is 2.66. The van der Waals surface area contributed by atoms with Gasteiger partial charge < -0.3 is 10.1 Å². The van der Waals surface area contributed by atoms with Gasteiger partial charge in [0.15, 0.2) is 5.75 Å². The Kier molecular flexibility index (Phi) is 4.15. The fourth-order valence-corrected chi connectivity index (χ4v) is 2.64. The van der Waals surface area contributed by atoms with E-state index >= 15 is 0 Å². The van der Waals surface area contributed by atoms with Gasteiger partial charge in [-0.2, -0.15) is 0 Å². The maximum Gasteiger partial charge on any atom is 0.164 e. The van der Waals surface area contributed by atoms with Crippen LogP contribution in [0.25, 0.3) is 10.9 Å². The number of rotatable bonds is 4. The van der Waals surface area contributed by atoms with Crippen LogP contribution in [0.3, 0.4) is 0 Å². The van der Waals surface area contributed by atoms with Gasteiger partial charge in [0.05, 0.1) is 17.9 Å². The topological polar surface area (TPSA) is 72.8 Å². The number of ether oxygens (including phenoxy) is 1. The molecule has 0 radical (unpaired) electrons. The predicted octanol–water partition coefficient (Wildman–Crippen LogP) is 4.57. The van der Waals surface area contributed by atoms with Crippen molar-refractivity contribution in [3.63, 3.8) is 0 Å². The zero-order valence-corrected chi connectivity index (χ0v) is 14.5. The van der Waals surface area contributed by atoms with Crippen molar-refractivity contribution >= 4 is 22.4 Å². The van der Waals surface area contributed by atoms with Gasteiger partial charge in [0, 0.05) is 11.1 Å². The molecular formula is C20H17N5O. The van der Waals surface area contributed by atoms with Crippen LogP contribution in [0, 0.1) is 13.8 Å². The van der Waals surface area contributed by atoms with E-state index in [4.69, 9.17) is 4.74 Å². The molecule has 0 bridgehead atoms. The van der Waals surface area contributed by atoms with Crippen molar-refractivity contribution in [2.75, 3.05) is 5.32 Å². The molecular weight excluding hydrogens is 326 g/mol. The van der Waals surface area contributed by atoms with Gasteiger partial charge >= 0.3 is 0 Å². The third-order valence-electron chi connectivity index (χ3n) is 3.97. The second-order valence-electron chi connectivity index (χ2n) is 5.91. The summed E-state index contributed by atoms with van der Waals surface area (Å²) in [6.07, 6.45) is 4.90. The molecule has 0 atom stereocenters. The quantitative estimate of drug-likeness (QED) is 0.585. The Hall–Kier alpha value is -3.54. The van der Waals surface area contributed by atoms with Crippen molar-refractivity contribution in [2.24, 2.45) is 0 Å². The van der Waals surface area contributed by atoms with E-state index in [-0.39, 0.29) is 0 Å². The molecule has 2 aromatic carbocycles. The molecule has 0 saturated carbocycles. The minimum Gasteiger partial charge on any atom is -0.454 e. The summed E-state index contributed by atoms with van der Waals surface area (Å²) in [5.41, 5.74) is 2.83. The van der Waals surface area contributed by atoms with Crippen LogP contribution in [0.4, 0.5) is 11.5 Å². The number of benzene rings is 2. The highest BCUT2D eigenvalue weighted by Gasteiger charge is 2.07. The lowest BCUT2D eigenvalue weighted by Crippen LogP contribution is -1.97. The summed E-state index contributed by atoms with van der Waals surface area (Å²) in [5.74, 6) is 2.86. The molecule has 0 aliphatic carbocycles. The van der Waals surface area contributed by atoms with Gasteiger partial charge in [-0.3, -0.25) is 0 Å². The molecule has 0 aliphatic rings. The average molecular weight is 343 g/mol. The largest absolute Gasteiger partial charge is 0.454 e. The Morgan fingerprint density at radius 2 is 1.69 bits per heavy atom. The van der Waals surface area contributed by atoms with Crippen LogP contribution < -0.4 is 10.1 Å². The van der Waals surface area contributed by atoms with E-state index in [1.54, 1.807) is 18.7 Å². The highest BCUT2D eigenvalue weighted by Crippen LogP contribution is 2.29. The molecule has 1 N–H and O–H groups in total. The number of nitrogens with zero attached hydrogens (tertiary/aromatic N) is 4. The summed E-state index contributed by atoms with van der Waals surface area (Å²) in [7, 11) is 0. The molecule has 0 fully saturated rings. The van der Waals surface area contributed by atoms with Crippen molar-refractivity contribution in [1.82, 2.24) is 19.9 Å². The maximum atomic E-state index is 5.86. The zero-order chi connectivity index (χ0) is 17.9. The summed E-state index contributed by atoms with van der Waals surface area (Å²) >= 11 is 0. The summed E-state index contributed by atoms with van der Waals surface area (Å²) in [6, 6.07) is 13.8. The first-order valence-electron chi connectivity index (χ1n) is 8.23. The summed E-state index contributed by atoms with van der Waals surface area (Å²) in [5, 5.41) is 4.33. The third kappa shape index (κ3) is 3.30. The number of nitrogens with one attached hydrogen (secondary N) is 1. The molecule has 2 aromatic heterocycles. The summed E-state index contributed by atoms with van der Waals surface area (Å²) in [4.78, 5) is 16.9. The van der Waals surface area contributed by atoms with Crippen LogP contribution in [0.2, 0.25) is 0 Å². The van der Waals surface area contributed by atoms with Crippen LogP contribution in [-0.4, -0.2) is 19.9 Å². The minimum atomic E-state index is 0.612. The van der Waals surface area contributed by atoms with Crippen molar-refractivity contribution in [1.29, 1.82) is 0 Å². The van der Waals surface area contributed by atoms with E-state index in [0.717, 1.165) is 33.7 Å². The first kappa shape index (κ1) is 16.0. The van der Waals surface area contributed by atoms with E-state index in [1.807, 2.05) is 56.3 Å². The number of hydrogen-bond donors (Lipinski definition) is 1. The third-order valence-corrected chi connectivity index (χ3v) is 3.97. The number of fused-ring (bicyclic) bond motifs is 1. The Balaban J connectivity index is 1.58. The van der Waals surface area contributed by atoms with Gasteiger partial charge in [0.25, 0.3) is 0 Å². The van der Waals surface area contributed by atoms with Gasteiger partial charge in [-0.05, 0) is 49.7 Å². The van der Waals surface area contributed by atoms with Crippen molar-refractivity contribution in [2.45, 2.75) is 13.8 Å². The van der Waals surface area contributed by atoms with Crippen LogP contribution >= 0.6 is 0 Å². The smallest absolute Gasteiger partial charge is 0.164 e. The molecule has 4 rings (SSSR count). The Morgan fingerprint density at radius 3 is 2.50 bits per heavy atom. The number of hydrogen-bond acceptors (Lipinski definition) is 6. The Bertz CT molecular complexity index is 1060. The van der Waals surface area contributed by atoms with Crippen LogP contribution in [0.15, 0.2) is 61.2 Å². The first-order valence-corrected chi connectivity index (χ1v) is 8.23. The maximum absolute atomic E-state index is 5.86. The molecule has 6 heteroatoms. The van der Waals surface area contributed by atoms with Gasteiger partial charge in [-0.15, -0.1) is 0 Å². The van der Waals surface area contributed by atoms with Gasteiger partial charge in [0.1, 0.15) is 23.7 Å². The molecule has 2 heterocycles. The van der Waals surface area contributed by atoms with E-state index in [1.165, 1.54) is 0 Å². The molecule has 0 saturated heterocycles. The van der Waals surface area contributed by atoms with Gasteiger partial charge in [-0.25, -0.2) is 19.9 Å². The SMILES string of the molecule is Cc1ncc(Oc2ccc(Nc3ncnc4ccccc34)cc2C)cn1. The Labute approximate surface area is 150 Å². The van der Waals surface area contributed by atoms with Crippen LogP contribution in [0.1, 0.15) is 11.4 Å². The lowest BCUT2D eigenvalue weighted by Gasteiger charge is -2.12. The fraction of sp³-hybridized carbons (Fsp3) is 0.100. The van der Waals surface area contributed by atoms with E-state index in [9.17, 15) is 0 Å². The van der Waals surface area contributed by atoms with E-state index in [2.05, 4.69) is 25.3 Å². The fourth-order valence-electron chi connectivity index (χ4n) is 2.64. The highest BCUT2D eigenvalue weighted by molar-refractivity contribution is 5.90. The molecule has 0 aliphatic heterocycles. The summed E-state index contributed by atoms with van der Waals surface area (Å²) in [6.45, 7) is 3.83.